The van der Waals surface area contributed by atoms with E-state index in [9.17, 15) is 4.79 Å². The molecule has 0 atom stereocenters. The molecule has 0 aliphatic carbocycles. The van der Waals surface area contributed by atoms with Crippen molar-refractivity contribution in [2.75, 3.05) is 11.4 Å². The number of para-hydroxylation sites is 2. The first-order chi connectivity index (χ1) is 10.2. The van der Waals surface area contributed by atoms with E-state index in [4.69, 9.17) is 6.57 Å². The summed E-state index contributed by atoms with van der Waals surface area (Å²) in [6, 6.07) is 16.6. The minimum absolute atomic E-state index is 0.131. The molecule has 0 spiro atoms. The zero-order valence-electron chi connectivity index (χ0n) is 11.7. The molecule has 0 unspecified atom stereocenters. The molecule has 102 valence electrons. The zero-order valence-corrected chi connectivity index (χ0v) is 11.7. The largest absolute Gasteiger partial charge is 0.311 e. The van der Waals surface area contributed by atoms with Gasteiger partial charge in [-0.25, -0.2) is 4.85 Å². The summed E-state index contributed by atoms with van der Waals surface area (Å²) < 4.78 is 0. The first kappa shape index (κ1) is 14.4. The van der Waals surface area contributed by atoms with Gasteiger partial charge in [0.1, 0.15) is 0 Å². The molecule has 0 saturated heterocycles. The Labute approximate surface area is 124 Å². The van der Waals surface area contributed by atoms with Crippen LogP contribution in [0.15, 0.2) is 54.6 Å². The Bertz CT molecular complexity index is 733. The zero-order chi connectivity index (χ0) is 15.1. The van der Waals surface area contributed by atoms with E-state index in [-0.39, 0.29) is 12.5 Å². The number of hydrogen-bond donors (Lipinski definition) is 0. The van der Waals surface area contributed by atoms with Crippen LogP contribution in [0.3, 0.4) is 0 Å². The smallest absolute Gasteiger partial charge is 0.223 e. The van der Waals surface area contributed by atoms with Gasteiger partial charge in [0.15, 0.2) is 0 Å². The summed E-state index contributed by atoms with van der Waals surface area (Å²) in [6.45, 7) is 8.92. The molecule has 0 aromatic heterocycles. The molecule has 21 heavy (non-hydrogen) atoms. The highest BCUT2D eigenvalue weighted by Gasteiger charge is 2.13. The number of carbonyl (C=O) groups is 1. The molecular formula is C18H14N2O. The quantitative estimate of drug-likeness (QED) is 0.606. The van der Waals surface area contributed by atoms with E-state index in [1.54, 1.807) is 18.2 Å². The Morgan fingerprint density at radius 3 is 2.48 bits per heavy atom. The highest BCUT2D eigenvalue weighted by atomic mass is 16.2. The van der Waals surface area contributed by atoms with Crippen LogP contribution in [0, 0.1) is 18.4 Å². The number of anilines is 1. The van der Waals surface area contributed by atoms with E-state index in [2.05, 4.69) is 16.7 Å². The summed E-state index contributed by atoms with van der Waals surface area (Å²) in [5.41, 5.74) is 1.95. The van der Waals surface area contributed by atoms with Crippen molar-refractivity contribution in [1.29, 1.82) is 0 Å². The standard InChI is InChI=1S/C18H14N2O/c1-15(21)20(18-13-7-6-12-17(18)19-2)14-8-11-16-9-4-3-5-10-16/h3-7,9-10,12-13H,14H2,1H3. The second-order valence-corrected chi connectivity index (χ2v) is 4.37. The van der Waals surface area contributed by atoms with Crippen molar-refractivity contribution in [3.8, 4) is 11.8 Å². The molecule has 0 aliphatic heterocycles. The van der Waals surface area contributed by atoms with Crippen LogP contribution in [0.2, 0.25) is 0 Å². The van der Waals surface area contributed by atoms with Gasteiger partial charge in [0.2, 0.25) is 11.6 Å². The summed E-state index contributed by atoms with van der Waals surface area (Å²) in [5, 5.41) is 0. The summed E-state index contributed by atoms with van der Waals surface area (Å²) in [7, 11) is 0. The molecule has 0 bridgehead atoms. The number of carbonyl (C=O) groups excluding carboxylic acids is 1. The molecule has 2 aromatic rings. The fourth-order valence-corrected chi connectivity index (χ4v) is 1.90. The van der Waals surface area contributed by atoms with Crippen molar-refractivity contribution in [2.24, 2.45) is 0 Å². The summed E-state index contributed by atoms with van der Waals surface area (Å²) in [5.74, 6) is 5.87. The van der Waals surface area contributed by atoms with E-state index in [0.717, 1.165) is 5.56 Å². The van der Waals surface area contributed by atoms with Gasteiger partial charge in [-0.3, -0.25) is 4.79 Å². The molecule has 0 fully saturated rings. The summed E-state index contributed by atoms with van der Waals surface area (Å²) >= 11 is 0. The van der Waals surface area contributed by atoms with Gasteiger partial charge in [-0.2, -0.15) is 0 Å². The molecule has 3 heteroatoms. The van der Waals surface area contributed by atoms with E-state index in [1.165, 1.54) is 11.8 Å². The van der Waals surface area contributed by atoms with Crippen molar-refractivity contribution in [1.82, 2.24) is 0 Å². The molecule has 0 heterocycles. The second kappa shape index (κ2) is 6.93. The maximum absolute atomic E-state index is 11.8. The third kappa shape index (κ3) is 3.72. The van der Waals surface area contributed by atoms with Gasteiger partial charge in [0.05, 0.1) is 18.8 Å². The predicted octanol–water partition coefficient (Wildman–Crippen LogP) is 3.64. The Hall–Kier alpha value is -3.04. The van der Waals surface area contributed by atoms with Gasteiger partial charge < -0.3 is 4.90 Å². The molecular weight excluding hydrogens is 260 g/mol. The van der Waals surface area contributed by atoms with Crippen LogP contribution >= 0.6 is 0 Å². The lowest BCUT2D eigenvalue weighted by Gasteiger charge is -2.19. The van der Waals surface area contributed by atoms with Crippen LogP contribution in [-0.2, 0) is 4.79 Å². The van der Waals surface area contributed by atoms with Crippen molar-refractivity contribution in [2.45, 2.75) is 6.92 Å². The van der Waals surface area contributed by atoms with Crippen molar-refractivity contribution in [3.05, 3.63) is 71.6 Å². The molecule has 2 aromatic carbocycles. The van der Waals surface area contributed by atoms with Gasteiger partial charge in [-0.05, 0) is 18.2 Å². The van der Waals surface area contributed by atoms with Crippen LogP contribution < -0.4 is 4.90 Å². The molecule has 3 nitrogen and oxygen atoms in total. The first-order valence-electron chi connectivity index (χ1n) is 6.51. The Balaban J connectivity index is 2.24. The van der Waals surface area contributed by atoms with Crippen LogP contribution in [0.1, 0.15) is 12.5 Å². The van der Waals surface area contributed by atoms with Crippen LogP contribution in [0.4, 0.5) is 11.4 Å². The van der Waals surface area contributed by atoms with E-state index in [1.807, 2.05) is 36.4 Å². The Kier molecular flexibility index (Phi) is 4.75. The number of nitrogens with zero attached hydrogens (tertiary/aromatic N) is 2. The van der Waals surface area contributed by atoms with Gasteiger partial charge in [0.25, 0.3) is 0 Å². The third-order valence-electron chi connectivity index (χ3n) is 2.92. The monoisotopic (exact) mass is 274 g/mol. The van der Waals surface area contributed by atoms with Crippen molar-refractivity contribution in [3.63, 3.8) is 0 Å². The lowest BCUT2D eigenvalue weighted by molar-refractivity contribution is -0.116. The van der Waals surface area contributed by atoms with Gasteiger partial charge in [-0.1, -0.05) is 48.2 Å². The topological polar surface area (TPSA) is 24.7 Å². The second-order valence-electron chi connectivity index (χ2n) is 4.37. The van der Waals surface area contributed by atoms with Gasteiger partial charge in [-0.15, -0.1) is 0 Å². The molecule has 1 amide bonds. The predicted molar refractivity (Wildman–Crippen MR) is 84.1 cm³/mol. The fourth-order valence-electron chi connectivity index (χ4n) is 1.90. The van der Waals surface area contributed by atoms with E-state index < -0.39 is 0 Å². The van der Waals surface area contributed by atoms with Crippen LogP contribution in [0.25, 0.3) is 4.85 Å². The molecule has 0 aliphatic rings. The number of hydrogen-bond acceptors (Lipinski definition) is 1. The molecule has 2 rings (SSSR count). The normalized spacial score (nSPS) is 9.14. The fraction of sp³-hybridized carbons (Fsp3) is 0.111. The molecule has 0 saturated carbocycles. The number of amides is 1. The molecule has 0 radical (unpaired) electrons. The SMILES string of the molecule is [C-]#[N+]c1ccccc1N(CC#Cc1ccccc1)C(C)=O. The minimum Gasteiger partial charge on any atom is -0.311 e. The average Bonchev–Trinajstić information content (AvgIpc) is 2.52. The van der Waals surface area contributed by atoms with Gasteiger partial charge in [0, 0.05) is 12.5 Å². The van der Waals surface area contributed by atoms with Crippen LogP contribution in [-0.4, -0.2) is 12.5 Å². The maximum atomic E-state index is 11.8. The summed E-state index contributed by atoms with van der Waals surface area (Å²) in [4.78, 5) is 16.8. The minimum atomic E-state index is -0.131. The van der Waals surface area contributed by atoms with Gasteiger partial charge >= 0.3 is 0 Å². The highest BCUT2D eigenvalue weighted by molar-refractivity contribution is 5.95. The van der Waals surface area contributed by atoms with Crippen molar-refractivity contribution < 1.29 is 4.79 Å². The number of rotatable bonds is 2. The maximum Gasteiger partial charge on any atom is 0.223 e. The Morgan fingerprint density at radius 1 is 1.14 bits per heavy atom. The van der Waals surface area contributed by atoms with E-state index >= 15 is 0 Å². The first-order valence-corrected chi connectivity index (χ1v) is 6.51. The lowest BCUT2D eigenvalue weighted by atomic mass is 10.2. The summed E-state index contributed by atoms with van der Waals surface area (Å²) in [6.07, 6.45) is 0. The van der Waals surface area contributed by atoms with E-state index in [0.29, 0.717) is 11.4 Å². The third-order valence-corrected chi connectivity index (χ3v) is 2.92. The van der Waals surface area contributed by atoms with Crippen LogP contribution in [0.5, 0.6) is 0 Å². The lowest BCUT2D eigenvalue weighted by Crippen LogP contribution is -2.28. The highest BCUT2D eigenvalue weighted by Crippen LogP contribution is 2.28. The average molecular weight is 274 g/mol. The Morgan fingerprint density at radius 2 is 1.81 bits per heavy atom. The molecule has 0 N–H and O–H groups in total. The number of benzene rings is 2. The van der Waals surface area contributed by atoms with Crippen molar-refractivity contribution >= 4 is 17.3 Å².